The number of fused-ring (bicyclic) bond motifs is 2. The Morgan fingerprint density at radius 2 is 2.00 bits per heavy atom. The van der Waals surface area contributed by atoms with E-state index in [1.54, 1.807) is 0 Å². The number of imidazole rings is 1. The maximum absolute atomic E-state index is 5.42. The Hall–Kier alpha value is -1.84. The monoisotopic (exact) mass is 187 g/mol. The van der Waals surface area contributed by atoms with E-state index in [1.807, 2.05) is 26.0 Å². The van der Waals surface area contributed by atoms with Crippen molar-refractivity contribution < 1.29 is 4.42 Å². The van der Waals surface area contributed by atoms with Crippen molar-refractivity contribution in [2.24, 2.45) is 0 Å². The largest absolute Gasteiger partial charge is 0.441 e. The lowest BCUT2D eigenvalue weighted by Crippen LogP contribution is -1.71. The molecule has 1 N–H and O–H groups in total. The topological polar surface area (TPSA) is 54.7 Å². The fraction of sp³-hybridized carbons (Fsp3) is 0.200. The van der Waals surface area contributed by atoms with E-state index in [0.29, 0.717) is 5.89 Å². The minimum absolute atomic E-state index is 0.685. The number of oxazole rings is 1. The smallest absolute Gasteiger partial charge is 0.192 e. The molecule has 14 heavy (non-hydrogen) atoms. The van der Waals surface area contributed by atoms with Crippen LogP contribution in [0.1, 0.15) is 11.7 Å². The van der Waals surface area contributed by atoms with Crippen molar-refractivity contribution in [3.63, 3.8) is 0 Å². The van der Waals surface area contributed by atoms with Gasteiger partial charge in [-0.15, -0.1) is 0 Å². The van der Waals surface area contributed by atoms with Crippen molar-refractivity contribution in [3.05, 3.63) is 23.8 Å². The Morgan fingerprint density at radius 3 is 2.86 bits per heavy atom. The van der Waals surface area contributed by atoms with Gasteiger partial charge in [0.15, 0.2) is 11.5 Å². The molecule has 0 aliphatic carbocycles. The lowest BCUT2D eigenvalue weighted by atomic mass is 10.3. The normalized spacial score (nSPS) is 11.6. The highest BCUT2D eigenvalue weighted by atomic mass is 16.3. The van der Waals surface area contributed by atoms with Gasteiger partial charge >= 0.3 is 0 Å². The van der Waals surface area contributed by atoms with Crippen molar-refractivity contribution in [3.8, 4) is 0 Å². The first-order chi connectivity index (χ1) is 6.72. The molecule has 4 nitrogen and oxygen atoms in total. The summed E-state index contributed by atoms with van der Waals surface area (Å²) < 4.78 is 5.42. The number of rotatable bonds is 0. The minimum Gasteiger partial charge on any atom is -0.441 e. The van der Waals surface area contributed by atoms with Gasteiger partial charge in [-0.3, -0.25) is 0 Å². The van der Waals surface area contributed by atoms with Crippen LogP contribution in [0.3, 0.4) is 0 Å². The quantitative estimate of drug-likeness (QED) is 0.587. The van der Waals surface area contributed by atoms with E-state index in [4.69, 9.17) is 4.42 Å². The van der Waals surface area contributed by atoms with Crippen LogP contribution < -0.4 is 0 Å². The van der Waals surface area contributed by atoms with E-state index < -0.39 is 0 Å². The van der Waals surface area contributed by atoms with E-state index in [0.717, 1.165) is 28.0 Å². The van der Waals surface area contributed by atoms with Crippen molar-refractivity contribution in [2.45, 2.75) is 13.8 Å². The highest BCUT2D eigenvalue weighted by Crippen LogP contribution is 2.21. The summed E-state index contributed by atoms with van der Waals surface area (Å²) in [6, 6.07) is 3.87. The van der Waals surface area contributed by atoms with Crippen LogP contribution in [0.4, 0.5) is 0 Å². The number of nitrogens with zero attached hydrogens (tertiary/aromatic N) is 2. The fourth-order valence-electron chi connectivity index (χ4n) is 1.67. The minimum atomic E-state index is 0.685. The Bertz CT molecular complexity index is 518. The van der Waals surface area contributed by atoms with Crippen molar-refractivity contribution in [1.29, 1.82) is 0 Å². The summed E-state index contributed by atoms with van der Waals surface area (Å²) in [5, 5.41) is 0. The van der Waals surface area contributed by atoms with Gasteiger partial charge in [0.05, 0.1) is 11.0 Å². The Morgan fingerprint density at radius 1 is 1.14 bits per heavy atom. The Labute approximate surface area is 80.0 Å². The zero-order valence-corrected chi connectivity index (χ0v) is 7.96. The van der Waals surface area contributed by atoms with Gasteiger partial charge in [0.1, 0.15) is 11.3 Å². The highest BCUT2D eigenvalue weighted by Gasteiger charge is 2.06. The van der Waals surface area contributed by atoms with Crippen molar-refractivity contribution >= 4 is 22.1 Å². The van der Waals surface area contributed by atoms with E-state index in [-0.39, 0.29) is 0 Å². The van der Waals surface area contributed by atoms with Crippen LogP contribution in [0.2, 0.25) is 0 Å². The van der Waals surface area contributed by atoms with E-state index in [9.17, 15) is 0 Å². The van der Waals surface area contributed by atoms with Crippen LogP contribution in [0, 0.1) is 13.8 Å². The van der Waals surface area contributed by atoms with Crippen LogP contribution in [-0.2, 0) is 0 Å². The molecular formula is C10H9N3O. The zero-order valence-electron chi connectivity index (χ0n) is 7.96. The first-order valence-electron chi connectivity index (χ1n) is 4.46. The SMILES string of the molecule is Cc1nc2cc3oc(C)nc3cc2[nH]1. The van der Waals surface area contributed by atoms with Gasteiger partial charge in [0.25, 0.3) is 0 Å². The molecule has 0 amide bonds. The van der Waals surface area contributed by atoms with Gasteiger partial charge in [-0.2, -0.15) is 0 Å². The second kappa shape index (κ2) is 2.35. The molecule has 0 atom stereocenters. The maximum atomic E-state index is 5.42. The summed E-state index contributed by atoms with van der Waals surface area (Å²) in [7, 11) is 0. The molecule has 0 bridgehead atoms. The molecule has 3 aromatic rings. The molecule has 1 aromatic carbocycles. The molecule has 0 aliphatic heterocycles. The standard InChI is InChI=1S/C10H9N3O/c1-5-11-7-3-9-10(4-8(7)12-5)14-6(2)13-9/h3-4H,1-2H3,(H,11,12). The van der Waals surface area contributed by atoms with Crippen LogP contribution in [-0.4, -0.2) is 15.0 Å². The van der Waals surface area contributed by atoms with E-state index in [1.165, 1.54) is 0 Å². The van der Waals surface area contributed by atoms with Gasteiger partial charge in [0.2, 0.25) is 0 Å². The molecule has 0 radical (unpaired) electrons. The summed E-state index contributed by atoms with van der Waals surface area (Å²) >= 11 is 0. The van der Waals surface area contributed by atoms with E-state index >= 15 is 0 Å². The molecule has 0 fully saturated rings. The summed E-state index contributed by atoms with van der Waals surface area (Å²) in [6.45, 7) is 3.77. The average molecular weight is 187 g/mol. The number of hydrogen-bond acceptors (Lipinski definition) is 3. The number of hydrogen-bond donors (Lipinski definition) is 1. The summed E-state index contributed by atoms with van der Waals surface area (Å²) in [6.07, 6.45) is 0. The fourth-order valence-corrected chi connectivity index (χ4v) is 1.67. The lowest BCUT2D eigenvalue weighted by molar-refractivity contribution is 0.561. The summed E-state index contributed by atoms with van der Waals surface area (Å²) in [4.78, 5) is 11.8. The van der Waals surface area contributed by atoms with Crippen molar-refractivity contribution in [2.75, 3.05) is 0 Å². The molecule has 0 aliphatic rings. The molecule has 0 saturated carbocycles. The first-order valence-corrected chi connectivity index (χ1v) is 4.46. The average Bonchev–Trinajstić information content (AvgIpc) is 2.59. The van der Waals surface area contributed by atoms with Crippen LogP contribution in [0.25, 0.3) is 22.1 Å². The molecule has 2 heterocycles. The molecule has 70 valence electrons. The number of aromatic amines is 1. The van der Waals surface area contributed by atoms with Gasteiger partial charge in [-0.05, 0) is 13.0 Å². The van der Waals surface area contributed by atoms with E-state index in [2.05, 4.69) is 15.0 Å². The third kappa shape index (κ3) is 0.937. The molecular weight excluding hydrogens is 178 g/mol. The molecule has 2 aromatic heterocycles. The number of H-pyrrole nitrogens is 1. The number of nitrogens with one attached hydrogen (secondary N) is 1. The predicted molar refractivity (Wildman–Crippen MR) is 53.1 cm³/mol. The number of aromatic nitrogens is 3. The number of aryl methyl sites for hydroxylation is 2. The zero-order chi connectivity index (χ0) is 9.71. The second-order valence-electron chi connectivity index (χ2n) is 3.39. The van der Waals surface area contributed by atoms with Crippen molar-refractivity contribution in [1.82, 2.24) is 15.0 Å². The van der Waals surface area contributed by atoms with Crippen LogP contribution in [0.15, 0.2) is 16.5 Å². The van der Waals surface area contributed by atoms with Gasteiger partial charge < -0.3 is 9.40 Å². The molecule has 0 spiro atoms. The first kappa shape index (κ1) is 7.55. The van der Waals surface area contributed by atoms with Gasteiger partial charge in [-0.1, -0.05) is 0 Å². The van der Waals surface area contributed by atoms with Gasteiger partial charge in [-0.25, -0.2) is 9.97 Å². The third-order valence-electron chi connectivity index (χ3n) is 2.22. The van der Waals surface area contributed by atoms with Gasteiger partial charge in [0, 0.05) is 13.0 Å². The molecule has 0 saturated heterocycles. The van der Waals surface area contributed by atoms with Crippen LogP contribution in [0.5, 0.6) is 0 Å². The predicted octanol–water partition coefficient (Wildman–Crippen LogP) is 2.32. The molecule has 0 unspecified atom stereocenters. The lowest BCUT2D eigenvalue weighted by Gasteiger charge is -1.86. The Kier molecular flexibility index (Phi) is 1.27. The van der Waals surface area contributed by atoms with Crippen LogP contribution >= 0.6 is 0 Å². The second-order valence-corrected chi connectivity index (χ2v) is 3.39. The highest BCUT2D eigenvalue weighted by molar-refractivity contribution is 5.90. The molecule has 4 heteroatoms. The Balaban J connectivity index is 2.49. The maximum Gasteiger partial charge on any atom is 0.192 e. The third-order valence-corrected chi connectivity index (χ3v) is 2.22. The number of benzene rings is 1. The summed E-state index contributed by atoms with van der Waals surface area (Å²) in [5.41, 5.74) is 3.59. The summed E-state index contributed by atoms with van der Waals surface area (Å²) in [5.74, 6) is 1.59. The molecule has 3 rings (SSSR count).